The number of halogens is 1. The van der Waals surface area contributed by atoms with Gasteiger partial charge in [-0.25, -0.2) is 0 Å². The molecule has 2 aliphatic rings. The summed E-state index contributed by atoms with van der Waals surface area (Å²) in [5.41, 5.74) is 3.79. The number of hydrogen-bond acceptors (Lipinski definition) is 3. The van der Waals surface area contributed by atoms with E-state index in [9.17, 15) is 5.11 Å². The Bertz CT molecular complexity index is 574. The fourth-order valence-corrected chi connectivity index (χ4v) is 4.58. The van der Waals surface area contributed by atoms with Gasteiger partial charge in [-0.1, -0.05) is 6.07 Å². The number of nitrogens with one attached hydrogen (secondary N) is 2. The molecule has 4 nitrogen and oxygen atoms in total. The van der Waals surface area contributed by atoms with Crippen LogP contribution in [0.4, 0.5) is 0 Å². The molecule has 0 radical (unpaired) electrons. The van der Waals surface area contributed by atoms with Crippen LogP contribution < -0.4 is 10.6 Å². The summed E-state index contributed by atoms with van der Waals surface area (Å²) >= 11 is 2.01. The van der Waals surface area contributed by atoms with Gasteiger partial charge in [-0.2, -0.15) is 11.8 Å². The summed E-state index contributed by atoms with van der Waals surface area (Å²) < 4.78 is 0. The minimum absolute atomic E-state index is 0. The zero-order chi connectivity index (χ0) is 16.1. The lowest BCUT2D eigenvalue weighted by Crippen LogP contribution is -2.45. The minimum atomic E-state index is 0. The highest BCUT2D eigenvalue weighted by Crippen LogP contribution is 2.30. The largest absolute Gasteiger partial charge is 0.508 e. The maximum atomic E-state index is 10.3. The molecule has 1 aliphatic carbocycles. The number of phenolic OH excluding ortho intramolecular Hbond substituents is 1. The van der Waals surface area contributed by atoms with E-state index in [2.05, 4.69) is 21.7 Å². The van der Waals surface area contributed by atoms with Crippen molar-refractivity contribution in [3.8, 4) is 5.75 Å². The number of aryl methyl sites for hydroxylation is 1. The molecular weight excluding hydrogens is 433 g/mol. The molecule has 6 heteroatoms. The summed E-state index contributed by atoms with van der Waals surface area (Å²) in [7, 11) is 1.81. The monoisotopic (exact) mass is 461 g/mol. The Morgan fingerprint density at radius 3 is 2.88 bits per heavy atom. The van der Waals surface area contributed by atoms with Crippen molar-refractivity contribution in [2.45, 2.75) is 51.1 Å². The smallest absolute Gasteiger partial charge is 0.191 e. The van der Waals surface area contributed by atoms with Crippen LogP contribution in [0.3, 0.4) is 0 Å². The van der Waals surface area contributed by atoms with Crippen molar-refractivity contribution in [3.05, 3.63) is 28.8 Å². The standard InChI is InChI=1S/C18H27N3OS.HI/c1-19-18(21-14-6-4-10-23-12-14)20-11-16-15-7-3-2-5-13(15)8-9-17(16)22;/h8-9,14,22H,2-7,10-12H2,1H3,(H2,19,20,21);1H. The van der Waals surface area contributed by atoms with Crippen molar-refractivity contribution in [2.75, 3.05) is 18.6 Å². The Hall–Kier alpha value is -0.630. The Labute approximate surface area is 166 Å². The van der Waals surface area contributed by atoms with Crippen LogP contribution in [0.2, 0.25) is 0 Å². The van der Waals surface area contributed by atoms with E-state index in [4.69, 9.17) is 0 Å². The van der Waals surface area contributed by atoms with Gasteiger partial charge in [0.05, 0.1) is 0 Å². The van der Waals surface area contributed by atoms with Crippen molar-refractivity contribution in [3.63, 3.8) is 0 Å². The van der Waals surface area contributed by atoms with Gasteiger partial charge >= 0.3 is 0 Å². The Morgan fingerprint density at radius 1 is 1.29 bits per heavy atom. The number of aliphatic imine (C=N–C) groups is 1. The summed E-state index contributed by atoms with van der Waals surface area (Å²) in [5.74, 6) is 3.66. The van der Waals surface area contributed by atoms with E-state index in [1.807, 2.05) is 24.9 Å². The SMILES string of the molecule is CN=C(NCc1c(O)ccc2c1CCCC2)NC1CCCSC1.I. The molecule has 0 amide bonds. The zero-order valence-electron chi connectivity index (χ0n) is 14.3. The second-order valence-electron chi connectivity index (χ2n) is 6.39. The molecule has 0 spiro atoms. The Balaban J connectivity index is 0.00000208. The number of aromatic hydroxyl groups is 1. The number of fused-ring (bicyclic) bond motifs is 1. The second-order valence-corrected chi connectivity index (χ2v) is 7.54. The molecular formula is C18H28IN3OS. The lowest BCUT2D eigenvalue weighted by Gasteiger charge is -2.25. The van der Waals surface area contributed by atoms with Gasteiger partial charge in [0.1, 0.15) is 5.75 Å². The first kappa shape index (κ1) is 19.7. The first-order valence-corrected chi connectivity index (χ1v) is 9.81. The fraction of sp³-hybridized carbons (Fsp3) is 0.611. The normalized spacial score (nSPS) is 20.7. The van der Waals surface area contributed by atoms with Crippen molar-refractivity contribution in [2.24, 2.45) is 4.99 Å². The summed E-state index contributed by atoms with van der Waals surface area (Å²) in [6, 6.07) is 4.42. The molecule has 1 aromatic rings. The lowest BCUT2D eigenvalue weighted by molar-refractivity contribution is 0.463. The quantitative estimate of drug-likeness (QED) is 0.367. The van der Waals surface area contributed by atoms with Crippen molar-refractivity contribution < 1.29 is 5.11 Å². The first-order chi connectivity index (χ1) is 11.3. The van der Waals surface area contributed by atoms with Crippen molar-refractivity contribution in [1.29, 1.82) is 0 Å². The Morgan fingerprint density at radius 2 is 2.12 bits per heavy atom. The molecule has 1 atom stereocenters. The minimum Gasteiger partial charge on any atom is -0.508 e. The fourth-order valence-electron chi connectivity index (χ4n) is 3.50. The van der Waals surface area contributed by atoms with Crippen LogP contribution in [-0.4, -0.2) is 35.7 Å². The van der Waals surface area contributed by atoms with Crippen molar-refractivity contribution >= 4 is 41.7 Å². The lowest BCUT2D eigenvalue weighted by atomic mass is 9.88. The molecule has 3 N–H and O–H groups in total. The summed E-state index contributed by atoms with van der Waals surface area (Å²) in [5, 5.41) is 17.2. The molecule has 24 heavy (non-hydrogen) atoms. The van der Waals surface area contributed by atoms with Gasteiger partial charge in [0.25, 0.3) is 0 Å². The molecule has 1 aromatic carbocycles. The van der Waals surface area contributed by atoms with Gasteiger partial charge in [-0.3, -0.25) is 4.99 Å². The molecule has 1 heterocycles. The van der Waals surface area contributed by atoms with E-state index >= 15 is 0 Å². The molecule has 1 aliphatic heterocycles. The molecule has 3 rings (SSSR count). The molecule has 1 unspecified atom stereocenters. The van der Waals surface area contributed by atoms with Crippen LogP contribution in [0.15, 0.2) is 17.1 Å². The maximum Gasteiger partial charge on any atom is 0.191 e. The molecule has 1 saturated heterocycles. The van der Waals surface area contributed by atoms with E-state index in [0.717, 1.165) is 30.1 Å². The number of guanidine groups is 1. The van der Waals surface area contributed by atoms with Crippen LogP contribution in [-0.2, 0) is 19.4 Å². The molecule has 0 saturated carbocycles. The number of phenols is 1. The summed E-state index contributed by atoms with van der Waals surface area (Å²) in [6.07, 6.45) is 7.16. The van der Waals surface area contributed by atoms with E-state index < -0.39 is 0 Å². The van der Waals surface area contributed by atoms with Gasteiger partial charge in [-0.05, 0) is 61.5 Å². The third-order valence-electron chi connectivity index (χ3n) is 4.78. The number of hydrogen-bond donors (Lipinski definition) is 3. The average molecular weight is 461 g/mol. The van der Waals surface area contributed by atoms with Gasteiger partial charge < -0.3 is 15.7 Å². The summed E-state index contributed by atoms with van der Waals surface area (Å²) in [6.45, 7) is 0.633. The van der Waals surface area contributed by atoms with Crippen LogP contribution in [0, 0.1) is 0 Å². The van der Waals surface area contributed by atoms with Gasteiger partial charge in [-0.15, -0.1) is 24.0 Å². The van der Waals surface area contributed by atoms with E-state index in [0.29, 0.717) is 18.3 Å². The van der Waals surface area contributed by atoms with Crippen molar-refractivity contribution in [1.82, 2.24) is 10.6 Å². The number of benzene rings is 1. The molecule has 0 bridgehead atoms. The zero-order valence-corrected chi connectivity index (χ0v) is 17.5. The van der Waals surface area contributed by atoms with E-state index in [-0.39, 0.29) is 24.0 Å². The highest BCUT2D eigenvalue weighted by Gasteiger charge is 2.18. The summed E-state index contributed by atoms with van der Waals surface area (Å²) in [4.78, 5) is 4.34. The predicted molar refractivity (Wildman–Crippen MR) is 114 cm³/mol. The number of nitrogens with zero attached hydrogens (tertiary/aromatic N) is 1. The third kappa shape index (κ3) is 4.94. The van der Waals surface area contributed by atoms with Gasteiger partial charge in [0.2, 0.25) is 0 Å². The van der Waals surface area contributed by atoms with Gasteiger partial charge in [0.15, 0.2) is 5.96 Å². The first-order valence-electron chi connectivity index (χ1n) is 8.65. The number of rotatable bonds is 3. The maximum absolute atomic E-state index is 10.3. The topological polar surface area (TPSA) is 56.7 Å². The molecule has 1 fully saturated rings. The third-order valence-corrected chi connectivity index (χ3v) is 6.00. The highest BCUT2D eigenvalue weighted by molar-refractivity contribution is 14.0. The predicted octanol–water partition coefficient (Wildman–Crippen LogP) is 3.45. The van der Waals surface area contributed by atoms with Crippen LogP contribution in [0.1, 0.15) is 42.4 Å². The highest BCUT2D eigenvalue weighted by atomic mass is 127. The molecule has 134 valence electrons. The van der Waals surface area contributed by atoms with Crippen LogP contribution >= 0.6 is 35.7 Å². The van der Waals surface area contributed by atoms with Crippen LogP contribution in [0.25, 0.3) is 0 Å². The second kappa shape index (κ2) is 9.75. The Kier molecular flexibility index (Phi) is 8.00. The molecule has 0 aromatic heterocycles. The van der Waals surface area contributed by atoms with E-state index in [1.165, 1.54) is 42.6 Å². The van der Waals surface area contributed by atoms with Gasteiger partial charge in [0, 0.05) is 31.0 Å². The van der Waals surface area contributed by atoms with Crippen LogP contribution in [0.5, 0.6) is 5.75 Å². The average Bonchev–Trinajstić information content (AvgIpc) is 2.60. The van der Waals surface area contributed by atoms with E-state index in [1.54, 1.807) is 0 Å². The number of thioether (sulfide) groups is 1.